The molecule has 1 aromatic rings. The molecule has 1 aliphatic rings. The van der Waals surface area contributed by atoms with Crippen LogP contribution < -0.4 is 0 Å². The van der Waals surface area contributed by atoms with Crippen molar-refractivity contribution in [2.24, 2.45) is 0 Å². The summed E-state index contributed by atoms with van der Waals surface area (Å²) < 4.78 is 0. The van der Waals surface area contributed by atoms with Crippen LogP contribution in [0.25, 0.3) is 0 Å². The van der Waals surface area contributed by atoms with E-state index in [1.54, 1.807) is 6.42 Å². The summed E-state index contributed by atoms with van der Waals surface area (Å²) >= 11 is 0. The highest BCUT2D eigenvalue weighted by molar-refractivity contribution is 6.19. The summed E-state index contributed by atoms with van der Waals surface area (Å²) in [6.07, 6.45) is 2.38. The summed E-state index contributed by atoms with van der Waals surface area (Å²) in [5, 5.41) is 15.2. The predicted molar refractivity (Wildman–Crippen MR) is 49.0 cm³/mol. The molecule has 1 aliphatic carbocycles. The zero-order valence-electron chi connectivity index (χ0n) is 6.59. The van der Waals surface area contributed by atoms with Gasteiger partial charge in [-0.3, -0.25) is 0 Å². The molecule has 0 unspecified atom stereocenters. The highest BCUT2D eigenvalue weighted by Gasteiger charge is 2.17. The van der Waals surface area contributed by atoms with Gasteiger partial charge in [0.05, 0.1) is 0 Å². The number of hydrogen-bond acceptors (Lipinski definition) is 2. The number of benzene rings is 1. The van der Waals surface area contributed by atoms with Crippen LogP contribution >= 0.6 is 0 Å². The molecule has 0 spiro atoms. The van der Waals surface area contributed by atoms with Gasteiger partial charge in [0.1, 0.15) is 0 Å². The van der Waals surface area contributed by atoms with Crippen molar-refractivity contribution in [3.63, 3.8) is 0 Å². The van der Waals surface area contributed by atoms with Crippen LogP contribution in [0.2, 0.25) is 0 Å². The van der Waals surface area contributed by atoms with Gasteiger partial charge in [-0.15, -0.1) is 0 Å². The zero-order valence-corrected chi connectivity index (χ0v) is 6.59. The van der Waals surface area contributed by atoms with E-state index in [-0.39, 0.29) is 0 Å². The summed E-state index contributed by atoms with van der Waals surface area (Å²) in [5.74, 6) is 0. The summed E-state index contributed by atoms with van der Waals surface area (Å²) in [6, 6.07) is 7.60. The SMILES string of the molecule is N=C1[CH]CC(=N)c2ccccc21. The van der Waals surface area contributed by atoms with E-state index >= 15 is 0 Å². The molecule has 2 N–H and O–H groups in total. The molecule has 1 radical (unpaired) electrons. The summed E-state index contributed by atoms with van der Waals surface area (Å²) in [6.45, 7) is 0. The molecule has 1 aromatic carbocycles. The lowest BCUT2D eigenvalue weighted by Crippen LogP contribution is -2.16. The number of rotatable bonds is 0. The van der Waals surface area contributed by atoms with Gasteiger partial charge in [0, 0.05) is 29.0 Å². The largest absolute Gasteiger partial charge is 0.305 e. The molecule has 2 nitrogen and oxygen atoms in total. The number of hydrogen-bond donors (Lipinski definition) is 2. The Balaban J connectivity index is 2.62. The maximum absolute atomic E-state index is 7.63. The predicted octanol–water partition coefficient (Wildman–Crippen LogP) is 2.03. The average Bonchev–Trinajstić information content (AvgIpc) is 2.12. The smallest absolute Gasteiger partial charge is 0.0434 e. The maximum Gasteiger partial charge on any atom is 0.0434 e. The van der Waals surface area contributed by atoms with Gasteiger partial charge in [-0.05, 0) is 6.42 Å². The first kappa shape index (κ1) is 7.22. The van der Waals surface area contributed by atoms with Crippen molar-refractivity contribution in [1.82, 2.24) is 0 Å². The molecule has 0 aromatic heterocycles. The molecular weight excluding hydrogens is 148 g/mol. The van der Waals surface area contributed by atoms with E-state index in [0.29, 0.717) is 17.8 Å². The van der Waals surface area contributed by atoms with Gasteiger partial charge in [-0.25, -0.2) is 0 Å². The van der Waals surface area contributed by atoms with Crippen molar-refractivity contribution in [2.75, 3.05) is 0 Å². The molecule has 12 heavy (non-hydrogen) atoms. The summed E-state index contributed by atoms with van der Waals surface area (Å²) in [5.41, 5.74) is 2.95. The van der Waals surface area contributed by atoms with E-state index in [2.05, 4.69) is 0 Å². The fourth-order valence-electron chi connectivity index (χ4n) is 1.41. The fourth-order valence-corrected chi connectivity index (χ4v) is 1.41. The monoisotopic (exact) mass is 157 g/mol. The Labute approximate surface area is 71.3 Å². The molecule has 59 valence electrons. The second-order valence-electron chi connectivity index (χ2n) is 2.85. The summed E-state index contributed by atoms with van der Waals surface area (Å²) in [7, 11) is 0. The quantitative estimate of drug-likeness (QED) is 0.579. The first-order valence-electron chi connectivity index (χ1n) is 3.88. The maximum atomic E-state index is 7.63. The number of nitrogens with one attached hydrogen (secondary N) is 2. The van der Waals surface area contributed by atoms with Crippen LogP contribution in [0.3, 0.4) is 0 Å². The van der Waals surface area contributed by atoms with Gasteiger partial charge in [0.2, 0.25) is 0 Å². The summed E-state index contributed by atoms with van der Waals surface area (Å²) in [4.78, 5) is 0. The van der Waals surface area contributed by atoms with Crippen molar-refractivity contribution < 1.29 is 0 Å². The van der Waals surface area contributed by atoms with Gasteiger partial charge in [0.15, 0.2) is 0 Å². The van der Waals surface area contributed by atoms with Gasteiger partial charge < -0.3 is 10.8 Å². The Kier molecular flexibility index (Phi) is 1.54. The lowest BCUT2D eigenvalue weighted by Gasteiger charge is -2.16. The minimum absolute atomic E-state index is 0.543. The van der Waals surface area contributed by atoms with Crippen LogP contribution in [-0.2, 0) is 0 Å². The lowest BCUT2D eigenvalue weighted by atomic mass is 9.89. The van der Waals surface area contributed by atoms with Crippen LogP contribution in [0.5, 0.6) is 0 Å². The Morgan fingerprint density at radius 1 is 1.00 bits per heavy atom. The van der Waals surface area contributed by atoms with Crippen LogP contribution in [0.1, 0.15) is 17.5 Å². The van der Waals surface area contributed by atoms with Crippen molar-refractivity contribution in [1.29, 1.82) is 10.8 Å². The van der Waals surface area contributed by atoms with Crippen LogP contribution in [0.15, 0.2) is 24.3 Å². The van der Waals surface area contributed by atoms with Gasteiger partial charge in [-0.2, -0.15) is 0 Å². The molecule has 0 saturated carbocycles. The van der Waals surface area contributed by atoms with E-state index in [9.17, 15) is 0 Å². The normalized spacial score (nSPS) is 16.0. The van der Waals surface area contributed by atoms with E-state index in [4.69, 9.17) is 10.8 Å². The molecule has 0 amide bonds. The fraction of sp³-hybridized carbons (Fsp3) is 0.100. The van der Waals surface area contributed by atoms with E-state index < -0.39 is 0 Å². The van der Waals surface area contributed by atoms with Crippen molar-refractivity contribution >= 4 is 11.4 Å². The zero-order chi connectivity index (χ0) is 8.55. The molecule has 0 fully saturated rings. The Hall–Kier alpha value is -1.44. The molecule has 0 atom stereocenters. The van der Waals surface area contributed by atoms with Crippen LogP contribution in [-0.4, -0.2) is 11.4 Å². The molecule has 0 heterocycles. The van der Waals surface area contributed by atoms with Crippen molar-refractivity contribution in [2.45, 2.75) is 6.42 Å². The van der Waals surface area contributed by atoms with Gasteiger partial charge in [-0.1, -0.05) is 24.3 Å². The van der Waals surface area contributed by atoms with E-state index in [1.807, 2.05) is 24.3 Å². The van der Waals surface area contributed by atoms with E-state index in [0.717, 1.165) is 11.1 Å². The second-order valence-corrected chi connectivity index (χ2v) is 2.85. The second kappa shape index (κ2) is 2.55. The van der Waals surface area contributed by atoms with Gasteiger partial charge in [0.25, 0.3) is 0 Å². The number of fused-ring (bicyclic) bond motifs is 1. The van der Waals surface area contributed by atoms with E-state index in [1.165, 1.54) is 0 Å². The first-order valence-corrected chi connectivity index (χ1v) is 3.88. The molecular formula is C10H9N2. The molecule has 0 aliphatic heterocycles. The third kappa shape index (κ3) is 0.961. The minimum atomic E-state index is 0.543. The topological polar surface area (TPSA) is 47.7 Å². The lowest BCUT2D eigenvalue weighted by molar-refractivity contribution is 1.25. The average molecular weight is 157 g/mol. The molecule has 0 bridgehead atoms. The third-order valence-electron chi connectivity index (χ3n) is 2.05. The highest BCUT2D eigenvalue weighted by Crippen LogP contribution is 2.19. The molecule has 2 heteroatoms. The minimum Gasteiger partial charge on any atom is -0.305 e. The Morgan fingerprint density at radius 3 is 2.33 bits per heavy atom. The standard InChI is InChI=1S/C10H9N2/c11-9-5-6-10(12)8-4-2-1-3-7(8)9/h1-5,11-12H,6H2. The Bertz CT molecular complexity index is 318. The van der Waals surface area contributed by atoms with Crippen molar-refractivity contribution in [3.8, 4) is 0 Å². The van der Waals surface area contributed by atoms with Crippen LogP contribution in [0, 0.1) is 17.2 Å². The van der Waals surface area contributed by atoms with Crippen molar-refractivity contribution in [3.05, 3.63) is 41.8 Å². The Morgan fingerprint density at radius 2 is 1.67 bits per heavy atom. The first-order chi connectivity index (χ1) is 5.79. The third-order valence-corrected chi connectivity index (χ3v) is 2.05. The molecule has 0 saturated heterocycles. The van der Waals surface area contributed by atoms with Crippen LogP contribution in [0.4, 0.5) is 0 Å². The highest BCUT2D eigenvalue weighted by atomic mass is 14.5. The van der Waals surface area contributed by atoms with Gasteiger partial charge >= 0.3 is 0 Å². The molecule has 2 rings (SSSR count).